The van der Waals surface area contributed by atoms with E-state index in [4.69, 9.17) is 9.47 Å². The largest absolute Gasteiger partial charge is 0.393 e. The highest BCUT2D eigenvalue weighted by molar-refractivity contribution is 4.74. The summed E-state index contributed by atoms with van der Waals surface area (Å²) in [5.74, 6) is 0.534. The molecule has 20 heavy (non-hydrogen) atoms. The average Bonchev–Trinajstić information content (AvgIpc) is 2.38. The molecule has 0 heterocycles. The Kier molecular flexibility index (Phi) is 9.39. The molecule has 3 atom stereocenters. The molecular formula is C15H31NO4. The molecule has 5 nitrogen and oxygen atoms in total. The average molecular weight is 289 g/mol. The molecule has 1 fully saturated rings. The van der Waals surface area contributed by atoms with Gasteiger partial charge in [0.25, 0.3) is 0 Å². The number of aliphatic hydroxyl groups excluding tert-OH is 2. The molecule has 0 aromatic heterocycles. The van der Waals surface area contributed by atoms with Crippen LogP contribution in [-0.4, -0.2) is 61.4 Å². The van der Waals surface area contributed by atoms with Gasteiger partial charge in [-0.2, -0.15) is 0 Å². The molecule has 1 saturated carbocycles. The first kappa shape index (κ1) is 17.9. The highest BCUT2D eigenvalue weighted by atomic mass is 16.5. The first-order valence-electron chi connectivity index (χ1n) is 7.84. The van der Waals surface area contributed by atoms with E-state index >= 15 is 0 Å². The van der Waals surface area contributed by atoms with Crippen LogP contribution in [0.1, 0.15) is 39.5 Å². The molecule has 1 aliphatic rings. The monoisotopic (exact) mass is 289 g/mol. The minimum absolute atomic E-state index is 0.134. The maximum absolute atomic E-state index is 9.76. The fourth-order valence-electron chi connectivity index (χ4n) is 2.52. The maximum atomic E-state index is 9.76. The minimum atomic E-state index is -0.484. The molecule has 0 aliphatic heterocycles. The Morgan fingerprint density at radius 3 is 2.75 bits per heavy atom. The maximum Gasteiger partial charge on any atom is 0.0897 e. The lowest BCUT2D eigenvalue weighted by Gasteiger charge is -2.26. The Labute approximate surface area is 122 Å². The van der Waals surface area contributed by atoms with Gasteiger partial charge in [-0.1, -0.05) is 6.42 Å². The van der Waals surface area contributed by atoms with E-state index in [0.717, 1.165) is 25.8 Å². The summed E-state index contributed by atoms with van der Waals surface area (Å²) in [7, 11) is 0. The zero-order valence-electron chi connectivity index (χ0n) is 12.9. The molecule has 120 valence electrons. The molecule has 0 aromatic rings. The van der Waals surface area contributed by atoms with Gasteiger partial charge in [0.15, 0.2) is 0 Å². The van der Waals surface area contributed by atoms with E-state index in [1.807, 2.05) is 13.8 Å². The highest BCUT2D eigenvalue weighted by Crippen LogP contribution is 2.23. The van der Waals surface area contributed by atoms with Crippen LogP contribution < -0.4 is 5.32 Å². The van der Waals surface area contributed by atoms with E-state index in [9.17, 15) is 10.2 Å². The normalized spacial score (nSPS) is 25.1. The Bertz CT molecular complexity index is 238. The zero-order chi connectivity index (χ0) is 14.8. The van der Waals surface area contributed by atoms with Gasteiger partial charge in [-0.05, 0) is 45.6 Å². The second kappa shape index (κ2) is 10.5. The van der Waals surface area contributed by atoms with Gasteiger partial charge in [0.1, 0.15) is 0 Å². The second-order valence-electron chi connectivity index (χ2n) is 5.99. The van der Waals surface area contributed by atoms with Crippen LogP contribution in [0.5, 0.6) is 0 Å². The fraction of sp³-hybridized carbons (Fsp3) is 1.00. The van der Waals surface area contributed by atoms with Crippen LogP contribution in [-0.2, 0) is 9.47 Å². The van der Waals surface area contributed by atoms with Crippen LogP contribution in [0, 0.1) is 5.92 Å². The zero-order valence-corrected chi connectivity index (χ0v) is 12.9. The molecule has 0 aromatic carbocycles. The molecule has 0 amide bonds. The van der Waals surface area contributed by atoms with Crippen molar-refractivity contribution in [2.75, 3.05) is 32.9 Å². The van der Waals surface area contributed by atoms with Crippen LogP contribution in [0.15, 0.2) is 0 Å². The van der Waals surface area contributed by atoms with Crippen molar-refractivity contribution in [3.8, 4) is 0 Å². The first-order valence-corrected chi connectivity index (χ1v) is 7.84. The molecule has 3 unspecified atom stereocenters. The quantitative estimate of drug-likeness (QED) is 0.522. The van der Waals surface area contributed by atoms with Gasteiger partial charge in [0, 0.05) is 6.54 Å². The van der Waals surface area contributed by atoms with Crippen molar-refractivity contribution in [3.05, 3.63) is 0 Å². The summed E-state index contributed by atoms with van der Waals surface area (Å²) in [5, 5.41) is 22.6. The third kappa shape index (κ3) is 8.87. The van der Waals surface area contributed by atoms with E-state index in [2.05, 4.69) is 5.32 Å². The fourth-order valence-corrected chi connectivity index (χ4v) is 2.52. The minimum Gasteiger partial charge on any atom is -0.393 e. The number of hydrogen-bond acceptors (Lipinski definition) is 5. The van der Waals surface area contributed by atoms with Crippen LogP contribution >= 0.6 is 0 Å². The molecule has 0 bridgehead atoms. The number of aliphatic hydroxyl groups is 2. The highest BCUT2D eigenvalue weighted by Gasteiger charge is 2.19. The molecule has 3 N–H and O–H groups in total. The van der Waals surface area contributed by atoms with Gasteiger partial charge in [-0.15, -0.1) is 0 Å². The Morgan fingerprint density at radius 2 is 2.05 bits per heavy atom. The first-order chi connectivity index (χ1) is 9.58. The molecule has 5 heteroatoms. The van der Waals surface area contributed by atoms with Gasteiger partial charge in [0.05, 0.1) is 38.1 Å². The van der Waals surface area contributed by atoms with Crippen LogP contribution in [0.4, 0.5) is 0 Å². The lowest BCUT2D eigenvalue weighted by Crippen LogP contribution is -2.35. The van der Waals surface area contributed by atoms with Crippen molar-refractivity contribution < 1.29 is 19.7 Å². The smallest absolute Gasteiger partial charge is 0.0897 e. The van der Waals surface area contributed by atoms with E-state index in [0.29, 0.717) is 32.3 Å². The SMILES string of the molecule is CC(C)OCCOCC(O)CNCC1CCCC(O)C1. The van der Waals surface area contributed by atoms with Crippen LogP contribution in [0.3, 0.4) is 0 Å². The van der Waals surface area contributed by atoms with Crippen molar-refractivity contribution in [2.45, 2.75) is 57.8 Å². The summed E-state index contributed by atoms with van der Waals surface area (Å²) >= 11 is 0. The number of hydrogen-bond donors (Lipinski definition) is 3. The molecule has 0 saturated heterocycles. The summed E-state index contributed by atoms with van der Waals surface area (Å²) in [5.41, 5.74) is 0. The number of rotatable bonds is 10. The Hall–Kier alpha value is -0.200. The van der Waals surface area contributed by atoms with Gasteiger partial charge < -0.3 is 25.0 Å². The summed E-state index contributed by atoms with van der Waals surface area (Å²) in [4.78, 5) is 0. The predicted molar refractivity (Wildman–Crippen MR) is 78.7 cm³/mol. The Morgan fingerprint density at radius 1 is 1.25 bits per heavy atom. The van der Waals surface area contributed by atoms with E-state index in [1.54, 1.807) is 0 Å². The predicted octanol–water partition coefficient (Wildman–Crippen LogP) is 0.930. The van der Waals surface area contributed by atoms with Crippen LogP contribution in [0.2, 0.25) is 0 Å². The third-order valence-corrected chi connectivity index (χ3v) is 3.56. The van der Waals surface area contributed by atoms with Crippen molar-refractivity contribution >= 4 is 0 Å². The molecular weight excluding hydrogens is 258 g/mol. The van der Waals surface area contributed by atoms with E-state index < -0.39 is 6.10 Å². The van der Waals surface area contributed by atoms with Crippen molar-refractivity contribution in [2.24, 2.45) is 5.92 Å². The standard InChI is InChI=1S/C15H31NO4/c1-12(2)20-7-6-19-11-15(18)10-16-9-13-4-3-5-14(17)8-13/h12-18H,3-11H2,1-2H3. The van der Waals surface area contributed by atoms with Crippen molar-refractivity contribution in [1.82, 2.24) is 5.32 Å². The van der Waals surface area contributed by atoms with Crippen molar-refractivity contribution in [1.29, 1.82) is 0 Å². The summed E-state index contributed by atoms with van der Waals surface area (Å²) in [6.07, 6.45) is 3.69. The lowest BCUT2D eigenvalue weighted by molar-refractivity contribution is -0.0103. The molecule has 0 radical (unpaired) electrons. The molecule has 1 rings (SSSR count). The van der Waals surface area contributed by atoms with E-state index in [-0.39, 0.29) is 12.2 Å². The number of ether oxygens (including phenoxy) is 2. The van der Waals surface area contributed by atoms with Crippen molar-refractivity contribution in [3.63, 3.8) is 0 Å². The topological polar surface area (TPSA) is 71.0 Å². The second-order valence-corrected chi connectivity index (χ2v) is 5.99. The van der Waals surface area contributed by atoms with Gasteiger partial charge in [-0.3, -0.25) is 0 Å². The molecule has 1 aliphatic carbocycles. The summed E-state index contributed by atoms with van der Waals surface area (Å²) in [6, 6.07) is 0. The Balaban J connectivity index is 1.93. The van der Waals surface area contributed by atoms with E-state index in [1.165, 1.54) is 6.42 Å². The van der Waals surface area contributed by atoms with Gasteiger partial charge in [0.2, 0.25) is 0 Å². The van der Waals surface area contributed by atoms with Gasteiger partial charge >= 0.3 is 0 Å². The third-order valence-electron chi connectivity index (χ3n) is 3.56. The van der Waals surface area contributed by atoms with Gasteiger partial charge in [-0.25, -0.2) is 0 Å². The summed E-state index contributed by atoms with van der Waals surface area (Å²) in [6.45, 7) is 6.80. The summed E-state index contributed by atoms with van der Waals surface area (Å²) < 4.78 is 10.7. The van der Waals surface area contributed by atoms with Crippen LogP contribution in [0.25, 0.3) is 0 Å². The molecule has 0 spiro atoms. The number of nitrogens with one attached hydrogen (secondary N) is 1. The lowest BCUT2D eigenvalue weighted by atomic mass is 9.87.